The summed E-state index contributed by atoms with van der Waals surface area (Å²) in [5.41, 5.74) is 6.91. The highest BCUT2D eigenvalue weighted by atomic mass is 16.2. The van der Waals surface area contributed by atoms with Gasteiger partial charge in [0, 0.05) is 18.0 Å². The molecule has 0 saturated carbocycles. The minimum absolute atomic E-state index is 0.325. The van der Waals surface area contributed by atoms with E-state index in [1.807, 2.05) is 30.3 Å². The lowest BCUT2D eigenvalue weighted by atomic mass is 10.0. The summed E-state index contributed by atoms with van der Waals surface area (Å²) in [6.45, 7) is 0. The molecular weight excluding hydrogens is 266 g/mol. The van der Waals surface area contributed by atoms with Gasteiger partial charge in [0.2, 0.25) is 5.91 Å². The van der Waals surface area contributed by atoms with E-state index in [0.29, 0.717) is 18.4 Å². The zero-order chi connectivity index (χ0) is 15.1. The zero-order valence-corrected chi connectivity index (χ0v) is 11.5. The number of rotatable bonds is 6. The van der Waals surface area contributed by atoms with Gasteiger partial charge < -0.3 is 11.1 Å². The number of pyridine rings is 1. The largest absolute Gasteiger partial charge is 0.368 e. The molecule has 21 heavy (non-hydrogen) atoms. The van der Waals surface area contributed by atoms with E-state index in [0.717, 1.165) is 5.56 Å². The Kier molecular flexibility index (Phi) is 5.04. The SMILES string of the molecule is NC(=O)[C@@H](CCc1ccccc1)NC(=O)c1ccncc1. The Labute approximate surface area is 123 Å². The Hall–Kier alpha value is -2.69. The monoisotopic (exact) mass is 283 g/mol. The molecule has 1 aromatic carbocycles. The molecule has 1 aromatic heterocycles. The minimum Gasteiger partial charge on any atom is -0.368 e. The molecule has 2 amide bonds. The number of hydrogen-bond acceptors (Lipinski definition) is 3. The fourth-order valence-electron chi connectivity index (χ4n) is 1.99. The summed E-state index contributed by atoms with van der Waals surface area (Å²) in [5, 5.41) is 2.66. The van der Waals surface area contributed by atoms with Crippen LogP contribution in [0.1, 0.15) is 22.3 Å². The summed E-state index contributed by atoms with van der Waals surface area (Å²) in [6, 6.07) is 12.2. The van der Waals surface area contributed by atoms with Gasteiger partial charge in [0.15, 0.2) is 0 Å². The van der Waals surface area contributed by atoms with Crippen LogP contribution in [0.5, 0.6) is 0 Å². The van der Waals surface area contributed by atoms with Crippen molar-refractivity contribution in [3.63, 3.8) is 0 Å². The molecule has 0 fully saturated rings. The highest BCUT2D eigenvalue weighted by molar-refractivity contribution is 5.97. The molecule has 0 aliphatic rings. The molecule has 0 aliphatic heterocycles. The lowest BCUT2D eigenvalue weighted by molar-refractivity contribution is -0.120. The van der Waals surface area contributed by atoms with Crippen molar-refractivity contribution in [2.75, 3.05) is 0 Å². The van der Waals surface area contributed by atoms with Crippen molar-refractivity contribution < 1.29 is 9.59 Å². The molecule has 0 aliphatic carbocycles. The number of primary amides is 1. The molecule has 0 unspecified atom stereocenters. The van der Waals surface area contributed by atoms with Gasteiger partial charge in [-0.05, 0) is 30.5 Å². The molecule has 108 valence electrons. The highest BCUT2D eigenvalue weighted by Gasteiger charge is 2.18. The smallest absolute Gasteiger partial charge is 0.252 e. The molecule has 0 saturated heterocycles. The van der Waals surface area contributed by atoms with E-state index in [4.69, 9.17) is 5.73 Å². The second kappa shape index (κ2) is 7.19. The van der Waals surface area contributed by atoms with E-state index >= 15 is 0 Å². The van der Waals surface area contributed by atoms with Crippen LogP contribution in [0.4, 0.5) is 0 Å². The van der Waals surface area contributed by atoms with Crippen molar-refractivity contribution in [1.29, 1.82) is 0 Å². The average molecular weight is 283 g/mol. The number of aryl methyl sites for hydroxylation is 1. The molecule has 5 nitrogen and oxygen atoms in total. The summed E-state index contributed by atoms with van der Waals surface area (Å²) < 4.78 is 0. The van der Waals surface area contributed by atoms with Crippen molar-refractivity contribution in [1.82, 2.24) is 10.3 Å². The van der Waals surface area contributed by atoms with Gasteiger partial charge in [-0.2, -0.15) is 0 Å². The number of hydrogen-bond donors (Lipinski definition) is 2. The van der Waals surface area contributed by atoms with Gasteiger partial charge in [-0.25, -0.2) is 0 Å². The van der Waals surface area contributed by atoms with E-state index in [1.165, 1.54) is 12.4 Å². The molecular formula is C16H17N3O2. The molecule has 1 atom stereocenters. The van der Waals surface area contributed by atoms with Gasteiger partial charge in [-0.1, -0.05) is 30.3 Å². The van der Waals surface area contributed by atoms with Gasteiger partial charge in [0.1, 0.15) is 6.04 Å². The number of carbonyl (C=O) groups is 2. The van der Waals surface area contributed by atoms with Crippen LogP contribution in [0.2, 0.25) is 0 Å². The third-order valence-corrected chi connectivity index (χ3v) is 3.16. The number of carbonyl (C=O) groups excluding carboxylic acids is 2. The van der Waals surface area contributed by atoms with Crippen molar-refractivity contribution in [3.8, 4) is 0 Å². The molecule has 1 heterocycles. The van der Waals surface area contributed by atoms with Gasteiger partial charge in [-0.3, -0.25) is 14.6 Å². The first-order valence-electron chi connectivity index (χ1n) is 6.71. The molecule has 5 heteroatoms. The predicted octanol–water partition coefficient (Wildman–Crippen LogP) is 1.30. The summed E-state index contributed by atoms with van der Waals surface area (Å²) in [7, 11) is 0. The van der Waals surface area contributed by atoms with E-state index in [9.17, 15) is 9.59 Å². The van der Waals surface area contributed by atoms with Crippen LogP contribution in [-0.4, -0.2) is 22.8 Å². The number of nitrogens with one attached hydrogen (secondary N) is 1. The lowest BCUT2D eigenvalue weighted by Gasteiger charge is -2.15. The summed E-state index contributed by atoms with van der Waals surface area (Å²) in [5.74, 6) is -0.859. The van der Waals surface area contributed by atoms with Gasteiger partial charge in [-0.15, -0.1) is 0 Å². The van der Waals surface area contributed by atoms with Crippen molar-refractivity contribution in [2.24, 2.45) is 5.73 Å². The van der Waals surface area contributed by atoms with Crippen LogP contribution in [0, 0.1) is 0 Å². The Bertz CT molecular complexity index is 599. The molecule has 2 rings (SSSR count). The van der Waals surface area contributed by atoms with Gasteiger partial charge >= 0.3 is 0 Å². The van der Waals surface area contributed by atoms with E-state index in [-0.39, 0.29) is 5.91 Å². The highest BCUT2D eigenvalue weighted by Crippen LogP contribution is 2.06. The van der Waals surface area contributed by atoms with Gasteiger partial charge in [0.25, 0.3) is 5.91 Å². The quantitative estimate of drug-likeness (QED) is 0.838. The van der Waals surface area contributed by atoms with Crippen LogP contribution >= 0.6 is 0 Å². The van der Waals surface area contributed by atoms with Crippen molar-refractivity contribution >= 4 is 11.8 Å². The van der Waals surface area contributed by atoms with Crippen LogP contribution in [0.3, 0.4) is 0 Å². The lowest BCUT2D eigenvalue weighted by Crippen LogP contribution is -2.44. The standard InChI is InChI=1S/C16H17N3O2/c17-15(20)14(7-6-12-4-2-1-3-5-12)19-16(21)13-8-10-18-11-9-13/h1-5,8-11,14H,6-7H2,(H2,17,20)(H,19,21)/t14-/m1/s1. The Morgan fingerprint density at radius 3 is 2.38 bits per heavy atom. The first kappa shape index (κ1) is 14.7. The minimum atomic E-state index is -0.689. The van der Waals surface area contributed by atoms with Crippen molar-refractivity contribution in [3.05, 3.63) is 66.0 Å². The molecule has 0 spiro atoms. The second-order valence-corrected chi connectivity index (χ2v) is 4.69. The Morgan fingerprint density at radius 2 is 1.76 bits per heavy atom. The molecule has 2 aromatic rings. The summed E-state index contributed by atoms with van der Waals surface area (Å²) in [4.78, 5) is 27.4. The molecule has 0 radical (unpaired) electrons. The third-order valence-electron chi connectivity index (χ3n) is 3.16. The van der Waals surface area contributed by atoms with Crippen LogP contribution < -0.4 is 11.1 Å². The number of aromatic nitrogens is 1. The normalized spacial score (nSPS) is 11.6. The van der Waals surface area contributed by atoms with Gasteiger partial charge in [0.05, 0.1) is 0 Å². The topological polar surface area (TPSA) is 85.1 Å². The van der Waals surface area contributed by atoms with Crippen LogP contribution in [-0.2, 0) is 11.2 Å². The Morgan fingerprint density at radius 1 is 1.10 bits per heavy atom. The average Bonchev–Trinajstić information content (AvgIpc) is 2.52. The zero-order valence-electron chi connectivity index (χ0n) is 11.5. The molecule has 3 N–H and O–H groups in total. The Balaban J connectivity index is 1.96. The number of nitrogens with zero attached hydrogens (tertiary/aromatic N) is 1. The van der Waals surface area contributed by atoms with Crippen LogP contribution in [0.15, 0.2) is 54.9 Å². The predicted molar refractivity (Wildman–Crippen MR) is 79.4 cm³/mol. The fraction of sp³-hybridized carbons (Fsp3) is 0.188. The third kappa shape index (κ3) is 4.42. The number of nitrogens with two attached hydrogens (primary N) is 1. The summed E-state index contributed by atoms with van der Waals surface area (Å²) >= 11 is 0. The fourth-order valence-corrected chi connectivity index (χ4v) is 1.99. The summed E-state index contributed by atoms with van der Waals surface area (Å²) in [6.07, 6.45) is 4.19. The van der Waals surface area contributed by atoms with Crippen molar-refractivity contribution in [2.45, 2.75) is 18.9 Å². The van der Waals surface area contributed by atoms with Crippen LogP contribution in [0.25, 0.3) is 0 Å². The maximum absolute atomic E-state index is 12.0. The maximum atomic E-state index is 12.0. The van der Waals surface area contributed by atoms with E-state index in [1.54, 1.807) is 12.1 Å². The first-order valence-corrected chi connectivity index (χ1v) is 6.71. The maximum Gasteiger partial charge on any atom is 0.252 e. The number of benzene rings is 1. The number of amides is 2. The first-order chi connectivity index (χ1) is 10.2. The second-order valence-electron chi connectivity index (χ2n) is 4.69. The molecule has 0 bridgehead atoms. The van der Waals surface area contributed by atoms with E-state index < -0.39 is 11.9 Å². The van der Waals surface area contributed by atoms with E-state index in [2.05, 4.69) is 10.3 Å².